The van der Waals surface area contributed by atoms with Crippen LogP contribution in [0, 0.1) is 0 Å². The van der Waals surface area contributed by atoms with Crippen molar-refractivity contribution < 1.29 is 22.8 Å². The van der Waals surface area contributed by atoms with E-state index >= 15 is 0 Å². The molecule has 1 aliphatic rings. The molecule has 0 fully saturated rings. The van der Waals surface area contributed by atoms with Gasteiger partial charge >= 0.3 is 6.18 Å². The molecule has 2 amide bonds. The average molecular weight is 450 g/mol. The molecule has 0 radical (unpaired) electrons. The highest BCUT2D eigenvalue weighted by Gasteiger charge is 2.35. The highest BCUT2D eigenvalue weighted by atomic mass is 19.4. The molecule has 2 aromatic rings. The predicted molar refractivity (Wildman–Crippen MR) is 115 cm³/mol. The number of benzene rings is 1. The van der Waals surface area contributed by atoms with E-state index in [4.69, 9.17) is 0 Å². The quantitative estimate of drug-likeness (QED) is 0.503. The highest BCUT2D eigenvalue weighted by Crippen LogP contribution is 2.34. The van der Waals surface area contributed by atoms with Gasteiger partial charge in [-0.15, -0.1) is 0 Å². The fourth-order valence-corrected chi connectivity index (χ4v) is 3.27. The summed E-state index contributed by atoms with van der Waals surface area (Å²) in [7, 11) is 1.67. The van der Waals surface area contributed by atoms with Crippen LogP contribution in [0.1, 0.15) is 37.3 Å². The second-order valence-corrected chi connectivity index (χ2v) is 7.52. The van der Waals surface area contributed by atoms with Gasteiger partial charge in [-0.2, -0.15) is 18.2 Å². The lowest BCUT2D eigenvalue weighted by atomic mass is 10.1. The number of alkyl halides is 3. The Morgan fingerprint density at radius 1 is 1.31 bits per heavy atom. The van der Waals surface area contributed by atoms with E-state index in [-0.39, 0.29) is 36.5 Å². The average Bonchev–Trinajstić information content (AvgIpc) is 3.09. The predicted octanol–water partition coefficient (Wildman–Crippen LogP) is 3.79. The molecular weight excluding hydrogens is 425 g/mol. The zero-order chi connectivity index (χ0) is 23.3. The summed E-state index contributed by atoms with van der Waals surface area (Å²) in [5.74, 6) is -0.455. The summed E-state index contributed by atoms with van der Waals surface area (Å²) >= 11 is 0. The molecule has 2 heterocycles. The first-order valence-corrected chi connectivity index (χ1v) is 10.3. The molecule has 0 aliphatic carbocycles. The minimum atomic E-state index is -4.62. The van der Waals surface area contributed by atoms with Crippen LogP contribution in [0.4, 0.5) is 36.3 Å². The topological polar surface area (TPSA) is 99.3 Å². The van der Waals surface area contributed by atoms with Crippen LogP contribution in [-0.4, -0.2) is 46.8 Å². The summed E-state index contributed by atoms with van der Waals surface area (Å²) in [6.07, 6.45) is -2.01. The molecular formula is C21H25F3N6O2. The number of hydrogen-bond donors (Lipinski definition) is 3. The largest absolute Gasteiger partial charge is 0.421 e. The van der Waals surface area contributed by atoms with Crippen LogP contribution in [0.3, 0.4) is 0 Å². The van der Waals surface area contributed by atoms with Crippen LogP contribution < -0.4 is 16.0 Å². The maximum Gasteiger partial charge on any atom is 0.421 e. The first kappa shape index (κ1) is 23.3. The van der Waals surface area contributed by atoms with Gasteiger partial charge < -0.3 is 20.9 Å². The van der Waals surface area contributed by atoms with Gasteiger partial charge in [-0.25, -0.2) is 4.98 Å². The fourth-order valence-electron chi connectivity index (χ4n) is 3.27. The van der Waals surface area contributed by atoms with Gasteiger partial charge in [-0.05, 0) is 36.6 Å². The molecule has 0 saturated heterocycles. The van der Waals surface area contributed by atoms with Crippen molar-refractivity contribution in [2.75, 3.05) is 36.1 Å². The van der Waals surface area contributed by atoms with Crippen molar-refractivity contribution >= 4 is 35.0 Å². The fraction of sp³-hybridized carbons (Fsp3) is 0.429. The van der Waals surface area contributed by atoms with Crippen LogP contribution in [0.2, 0.25) is 0 Å². The standard InChI is InChI=1S/C21H25F3N6O2/c1-3-5-18(32)30(2)9-4-8-25-19-15(21(22,23)24)12-26-20(29-19)27-14-6-7-16-13(10-14)11-17(31)28-16/h6-7,10,12H,3-5,8-9,11H2,1-2H3,(H,28,31)(H2,25,26,27,29). The zero-order valence-corrected chi connectivity index (χ0v) is 17.8. The van der Waals surface area contributed by atoms with Crippen LogP contribution in [0.5, 0.6) is 0 Å². The summed E-state index contributed by atoms with van der Waals surface area (Å²) in [6.45, 7) is 2.53. The number of nitrogens with one attached hydrogen (secondary N) is 3. The van der Waals surface area contributed by atoms with Crippen molar-refractivity contribution in [3.63, 3.8) is 0 Å². The second kappa shape index (κ2) is 9.84. The molecule has 3 rings (SSSR count). The van der Waals surface area contributed by atoms with E-state index < -0.39 is 11.7 Å². The van der Waals surface area contributed by atoms with Crippen molar-refractivity contribution in [1.29, 1.82) is 0 Å². The Labute approximate surface area is 183 Å². The number of hydrogen-bond acceptors (Lipinski definition) is 6. The lowest BCUT2D eigenvalue weighted by Crippen LogP contribution is -2.28. The summed E-state index contributed by atoms with van der Waals surface area (Å²) in [5.41, 5.74) is 1.08. The highest BCUT2D eigenvalue weighted by molar-refractivity contribution is 5.99. The van der Waals surface area contributed by atoms with Gasteiger partial charge in [-0.3, -0.25) is 9.59 Å². The van der Waals surface area contributed by atoms with Gasteiger partial charge in [0, 0.05) is 44.1 Å². The molecule has 0 bridgehead atoms. The second-order valence-electron chi connectivity index (χ2n) is 7.52. The van der Waals surface area contributed by atoms with E-state index in [9.17, 15) is 22.8 Å². The van der Waals surface area contributed by atoms with E-state index in [1.807, 2.05) is 6.92 Å². The van der Waals surface area contributed by atoms with Gasteiger partial charge in [0.2, 0.25) is 17.8 Å². The molecule has 1 aromatic heterocycles. The number of rotatable bonds is 9. The first-order chi connectivity index (χ1) is 15.2. The zero-order valence-electron chi connectivity index (χ0n) is 17.8. The van der Waals surface area contributed by atoms with E-state index in [0.717, 1.165) is 18.2 Å². The van der Waals surface area contributed by atoms with Crippen LogP contribution >= 0.6 is 0 Å². The van der Waals surface area contributed by atoms with Crippen molar-refractivity contribution in [3.05, 3.63) is 35.5 Å². The summed E-state index contributed by atoms with van der Waals surface area (Å²) < 4.78 is 40.2. The van der Waals surface area contributed by atoms with Crippen molar-refractivity contribution in [3.8, 4) is 0 Å². The number of aromatic nitrogens is 2. The molecule has 3 N–H and O–H groups in total. The van der Waals surface area contributed by atoms with Crippen LogP contribution in [0.25, 0.3) is 0 Å². The lowest BCUT2D eigenvalue weighted by Gasteiger charge is -2.18. The SMILES string of the molecule is CCCC(=O)N(C)CCCNc1nc(Nc2ccc3c(c2)CC(=O)N3)ncc1C(F)(F)F. The van der Waals surface area contributed by atoms with Gasteiger partial charge in [0.05, 0.1) is 6.42 Å². The molecule has 11 heteroatoms. The minimum absolute atomic E-state index is 0.00301. The molecule has 0 spiro atoms. The molecule has 8 nitrogen and oxygen atoms in total. The van der Waals surface area contributed by atoms with E-state index in [1.54, 1.807) is 30.1 Å². The Balaban J connectivity index is 1.68. The van der Waals surface area contributed by atoms with E-state index in [1.165, 1.54) is 0 Å². The third-order valence-corrected chi connectivity index (χ3v) is 4.93. The number of carbonyl (C=O) groups excluding carboxylic acids is 2. The van der Waals surface area contributed by atoms with Crippen molar-refractivity contribution in [1.82, 2.24) is 14.9 Å². The third-order valence-electron chi connectivity index (χ3n) is 4.93. The molecule has 0 saturated carbocycles. The number of anilines is 4. The molecule has 1 aliphatic heterocycles. The van der Waals surface area contributed by atoms with Gasteiger partial charge in [0.25, 0.3) is 0 Å². The Hall–Kier alpha value is -3.37. The molecule has 32 heavy (non-hydrogen) atoms. The number of carbonyl (C=O) groups is 2. The first-order valence-electron chi connectivity index (χ1n) is 10.3. The maximum absolute atomic E-state index is 13.4. The van der Waals surface area contributed by atoms with Crippen molar-refractivity contribution in [2.24, 2.45) is 0 Å². The third kappa shape index (κ3) is 5.86. The molecule has 172 valence electrons. The molecule has 1 aromatic carbocycles. The van der Waals surface area contributed by atoms with Gasteiger partial charge in [-0.1, -0.05) is 6.92 Å². The number of halogens is 3. The van der Waals surface area contributed by atoms with Crippen LogP contribution in [0.15, 0.2) is 24.4 Å². The summed E-state index contributed by atoms with van der Waals surface area (Å²) in [5, 5.41) is 8.31. The lowest BCUT2D eigenvalue weighted by molar-refractivity contribution is -0.137. The van der Waals surface area contributed by atoms with Crippen LogP contribution in [-0.2, 0) is 22.2 Å². The number of nitrogens with zero attached hydrogens (tertiary/aromatic N) is 3. The number of amides is 2. The monoisotopic (exact) mass is 450 g/mol. The van der Waals surface area contributed by atoms with Crippen molar-refractivity contribution in [2.45, 2.75) is 38.8 Å². The van der Waals surface area contributed by atoms with E-state index in [0.29, 0.717) is 30.8 Å². The maximum atomic E-state index is 13.4. The number of fused-ring (bicyclic) bond motifs is 1. The summed E-state index contributed by atoms with van der Waals surface area (Å²) in [6, 6.07) is 5.12. The Bertz CT molecular complexity index is 996. The smallest absolute Gasteiger partial charge is 0.369 e. The van der Waals surface area contributed by atoms with Gasteiger partial charge in [0.1, 0.15) is 11.4 Å². The summed E-state index contributed by atoms with van der Waals surface area (Å²) in [4.78, 5) is 32.7. The van der Waals surface area contributed by atoms with E-state index in [2.05, 4.69) is 25.9 Å². The Kier molecular flexibility index (Phi) is 7.16. The Morgan fingerprint density at radius 3 is 2.81 bits per heavy atom. The normalized spacial score (nSPS) is 12.8. The minimum Gasteiger partial charge on any atom is -0.369 e. The Morgan fingerprint density at radius 2 is 2.09 bits per heavy atom. The molecule has 0 unspecified atom stereocenters. The molecule has 0 atom stereocenters. The van der Waals surface area contributed by atoms with Gasteiger partial charge in [0.15, 0.2) is 0 Å².